The lowest BCUT2D eigenvalue weighted by molar-refractivity contribution is 0.254. The van der Waals surface area contributed by atoms with Gasteiger partial charge in [-0.25, -0.2) is 0 Å². The molecule has 0 saturated carbocycles. The minimum absolute atomic E-state index is 0.216. The number of aliphatic hydroxyl groups excluding tert-OH is 1. The third-order valence-corrected chi connectivity index (χ3v) is 1.48. The fourth-order valence-corrected chi connectivity index (χ4v) is 0.989. The first kappa shape index (κ1) is 6.01. The Balaban J connectivity index is 2.22. The molecule has 0 amide bonds. The molecule has 0 aromatic carbocycles. The van der Waals surface area contributed by atoms with E-state index in [1.54, 1.807) is 0 Å². The van der Waals surface area contributed by atoms with Gasteiger partial charge in [-0.15, -0.1) is 0 Å². The lowest BCUT2D eigenvalue weighted by Crippen LogP contribution is -2.25. The van der Waals surface area contributed by atoms with Crippen molar-refractivity contribution in [2.75, 3.05) is 13.2 Å². The summed E-state index contributed by atoms with van der Waals surface area (Å²) in [6, 6.07) is 0.511. The van der Waals surface area contributed by atoms with Crippen LogP contribution in [0.2, 0.25) is 0 Å². The molecule has 0 spiro atoms. The van der Waals surface area contributed by atoms with Crippen LogP contribution in [-0.4, -0.2) is 30.3 Å². The average molecular weight is 116 g/mol. The maximum absolute atomic E-state index is 8.57. The van der Waals surface area contributed by atoms with Crippen LogP contribution in [0, 0.1) is 0 Å². The largest absolute Gasteiger partial charge is 0.395 e. The van der Waals surface area contributed by atoms with Gasteiger partial charge in [-0.1, -0.05) is 0 Å². The molecule has 2 atom stereocenters. The Hall–Kier alpha value is -0.120. The number of nitrogens with two attached hydrogens (primary N) is 1. The lowest BCUT2D eigenvalue weighted by atomic mass is 10.2. The average Bonchev–Trinajstić information content (AvgIpc) is 2.14. The van der Waals surface area contributed by atoms with Crippen LogP contribution < -0.4 is 11.1 Å². The van der Waals surface area contributed by atoms with Crippen molar-refractivity contribution in [3.63, 3.8) is 0 Å². The number of hydrogen-bond acceptors (Lipinski definition) is 3. The highest BCUT2D eigenvalue weighted by Crippen LogP contribution is 2.01. The molecule has 1 rings (SSSR count). The van der Waals surface area contributed by atoms with E-state index in [1.807, 2.05) is 0 Å². The lowest BCUT2D eigenvalue weighted by Gasteiger charge is -2.01. The molecule has 0 aromatic heterocycles. The van der Waals surface area contributed by atoms with Gasteiger partial charge < -0.3 is 16.2 Å². The van der Waals surface area contributed by atoms with Crippen molar-refractivity contribution in [2.24, 2.45) is 5.73 Å². The fraction of sp³-hybridized carbons (Fsp3) is 1.00. The standard InChI is InChI=1S/C5H12N2O/c6-4-1-5(3-8)7-2-4/h4-5,7-8H,1-3,6H2/t4-,5-/m1/s1. The predicted octanol–water partition coefficient (Wildman–Crippen LogP) is -1.33. The molecule has 0 aliphatic carbocycles. The molecule has 1 saturated heterocycles. The van der Waals surface area contributed by atoms with Crippen LogP contribution in [-0.2, 0) is 0 Å². The Morgan fingerprint density at radius 3 is 2.75 bits per heavy atom. The highest BCUT2D eigenvalue weighted by Gasteiger charge is 2.18. The van der Waals surface area contributed by atoms with Crippen LogP contribution in [0.5, 0.6) is 0 Å². The van der Waals surface area contributed by atoms with E-state index in [-0.39, 0.29) is 18.7 Å². The maximum atomic E-state index is 8.57. The quantitative estimate of drug-likeness (QED) is 0.398. The van der Waals surface area contributed by atoms with Crippen LogP contribution in [0.1, 0.15) is 6.42 Å². The van der Waals surface area contributed by atoms with E-state index in [2.05, 4.69) is 5.32 Å². The molecule has 1 aliphatic rings. The van der Waals surface area contributed by atoms with E-state index in [0.717, 1.165) is 13.0 Å². The van der Waals surface area contributed by atoms with Crippen molar-refractivity contribution < 1.29 is 5.11 Å². The van der Waals surface area contributed by atoms with Crippen molar-refractivity contribution in [3.05, 3.63) is 0 Å². The van der Waals surface area contributed by atoms with E-state index >= 15 is 0 Å². The number of rotatable bonds is 1. The molecular weight excluding hydrogens is 104 g/mol. The molecule has 3 heteroatoms. The second-order valence-electron chi connectivity index (χ2n) is 2.28. The summed E-state index contributed by atoms with van der Waals surface area (Å²) in [7, 11) is 0. The maximum Gasteiger partial charge on any atom is 0.0585 e. The van der Waals surface area contributed by atoms with Gasteiger partial charge in [-0.2, -0.15) is 0 Å². The first-order valence-electron chi connectivity index (χ1n) is 2.92. The van der Waals surface area contributed by atoms with Crippen molar-refractivity contribution in [3.8, 4) is 0 Å². The summed E-state index contributed by atoms with van der Waals surface area (Å²) in [6.07, 6.45) is 0.913. The number of hydrogen-bond donors (Lipinski definition) is 3. The van der Waals surface area contributed by atoms with Gasteiger partial charge in [0, 0.05) is 18.6 Å². The van der Waals surface area contributed by atoms with E-state index in [0.29, 0.717) is 0 Å². The van der Waals surface area contributed by atoms with Crippen LogP contribution in [0.15, 0.2) is 0 Å². The van der Waals surface area contributed by atoms with Crippen molar-refractivity contribution in [2.45, 2.75) is 18.5 Å². The SMILES string of the molecule is N[C@H]1CN[C@@H](CO)C1. The third-order valence-electron chi connectivity index (χ3n) is 1.48. The van der Waals surface area contributed by atoms with Gasteiger partial charge in [0.25, 0.3) is 0 Å². The predicted molar refractivity (Wildman–Crippen MR) is 31.5 cm³/mol. The van der Waals surface area contributed by atoms with Crippen LogP contribution >= 0.6 is 0 Å². The molecule has 48 valence electrons. The molecule has 0 aromatic rings. The van der Waals surface area contributed by atoms with E-state index in [9.17, 15) is 0 Å². The zero-order valence-electron chi connectivity index (χ0n) is 4.80. The van der Waals surface area contributed by atoms with Crippen molar-refractivity contribution in [1.29, 1.82) is 0 Å². The number of aliphatic hydroxyl groups is 1. The van der Waals surface area contributed by atoms with Crippen LogP contribution in [0.3, 0.4) is 0 Å². The Labute approximate surface area is 48.9 Å². The van der Waals surface area contributed by atoms with Gasteiger partial charge in [0.1, 0.15) is 0 Å². The molecule has 0 unspecified atom stereocenters. The Morgan fingerprint density at radius 2 is 2.50 bits per heavy atom. The zero-order chi connectivity index (χ0) is 5.98. The minimum atomic E-state index is 0.216. The summed E-state index contributed by atoms with van der Waals surface area (Å²) < 4.78 is 0. The first-order valence-corrected chi connectivity index (χ1v) is 2.92. The highest BCUT2D eigenvalue weighted by molar-refractivity contribution is 4.82. The highest BCUT2D eigenvalue weighted by atomic mass is 16.3. The van der Waals surface area contributed by atoms with Crippen molar-refractivity contribution in [1.82, 2.24) is 5.32 Å². The minimum Gasteiger partial charge on any atom is -0.395 e. The van der Waals surface area contributed by atoms with Gasteiger partial charge in [0.2, 0.25) is 0 Å². The summed E-state index contributed by atoms with van der Waals surface area (Å²) in [4.78, 5) is 0. The molecule has 4 N–H and O–H groups in total. The van der Waals surface area contributed by atoms with Crippen LogP contribution in [0.4, 0.5) is 0 Å². The molecule has 1 fully saturated rings. The summed E-state index contributed by atoms with van der Waals surface area (Å²) >= 11 is 0. The second kappa shape index (κ2) is 2.44. The Morgan fingerprint density at radius 1 is 1.75 bits per heavy atom. The third kappa shape index (κ3) is 1.18. The summed E-state index contributed by atoms with van der Waals surface area (Å²) in [6.45, 7) is 1.07. The summed E-state index contributed by atoms with van der Waals surface area (Å²) in [5.41, 5.74) is 5.53. The molecule has 8 heavy (non-hydrogen) atoms. The molecular formula is C5H12N2O. The first-order chi connectivity index (χ1) is 3.83. The Kier molecular flexibility index (Phi) is 1.83. The van der Waals surface area contributed by atoms with Gasteiger partial charge in [-0.3, -0.25) is 0 Å². The van der Waals surface area contributed by atoms with Gasteiger partial charge >= 0.3 is 0 Å². The van der Waals surface area contributed by atoms with Crippen LogP contribution in [0.25, 0.3) is 0 Å². The summed E-state index contributed by atoms with van der Waals surface area (Å²) in [5.74, 6) is 0. The zero-order valence-corrected chi connectivity index (χ0v) is 4.80. The van der Waals surface area contributed by atoms with E-state index < -0.39 is 0 Å². The molecule has 1 heterocycles. The summed E-state index contributed by atoms with van der Waals surface area (Å²) in [5, 5.41) is 11.6. The van der Waals surface area contributed by atoms with Gasteiger partial charge in [-0.05, 0) is 6.42 Å². The van der Waals surface area contributed by atoms with Gasteiger partial charge in [0.05, 0.1) is 6.61 Å². The topological polar surface area (TPSA) is 58.3 Å². The molecule has 1 aliphatic heterocycles. The molecule has 3 nitrogen and oxygen atoms in total. The molecule has 0 radical (unpaired) electrons. The van der Waals surface area contributed by atoms with Crippen molar-refractivity contribution >= 4 is 0 Å². The van der Waals surface area contributed by atoms with E-state index in [1.165, 1.54) is 0 Å². The van der Waals surface area contributed by atoms with E-state index in [4.69, 9.17) is 10.8 Å². The number of nitrogens with one attached hydrogen (secondary N) is 1. The van der Waals surface area contributed by atoms with Gasteiger partial charge in [0.15, 0.2) is 0 Å². The normalized spacial score (nSPS) is 38.2. The molecule has 0 bridgehead atoms. The fourth-order valence-electron chi connectivity index (χ4n) is 0.989. The Bertz CT molecular complexity index is 76.8. The smallest absolute Gasteiger partial charge is 0.0585 e. The monoisotopic (exact) mass is 116 g/mol. The second-order valence-corrected chi connectivity index (χ2v) is 2.28.